The van der Waals surface area contributed by atoms with Crippen molar-refractivity contribution in [3.8, 4) is 34.5 Å². The number of ketones is 1. The first-order valence-electron chi connectivity index (χ1n) is 9.76. The Bertz CT molecular complexity index is 1080. The molecule has 0 amide bonds. The summed E-state index contributed by atoms with van der Waals surface area (Å²) < 4.78 is 15.7. The molecule has 1 saturated heterocycles. The zero-order valence-corrected chi connectivity index (χ0v) is 17.5. The smallest absolute Gasteiger partial charge is 0.338 e. The predicted molar refractivity (Wildman–Crippen MR) is 109 cm³/mol. The molecule has 1 fully saturated rings. The standard InChI is InChI=1S/C21H22O13/c1-7(22)15-10(24)4-9(23)5-13(15)33-21-19(30)18(29)17(28)14(34-21)6-32-20(31)8-2-11(25)16(27)12(26)3-8/h2-5,14,17-19,21,23-30H,6H2,1H3. The lowest BCUT2D eigenvalue weighted by Gasteiger charge is -2.40. The van der Waals surface area contributed by atoms with Crippen LogP contribution in [-0.2, 0) is 9.47 Å². The van der Waals surface area contributed by atoms with Crippen LogP contribution in [-0.4, -0.2) is 89.9 Å². The van der Waals surface area contributed by atoms with Crippen LogP contribution in [0, 0.1) is 0 Å². The first-order valence-corrected chi connectivity index (χ1v) is 9.76. The molecule has 5 unspecified atom stereocenters. The number of hydrogen-bond acceptors (Lipinski definition) is 13. The highest BCUT2D eigenvalue weighted by Gasteiger charge is 2.46. The quantitative estimate of drug-likeness (QED) is 0.147. The average Bonchev–Trinajstić information content (AvgIpc) is 2.75. The van der Waals surface area contributed by atoms with E-state index in [1.165, 1.54) is 0 Å². The van der Waals surface area contributed by atoms with Crippen molar-refractivity contribution >= 4 is 11.8 Å². The molecular weight excluding hydrogens is 460 g/mol. The number of aliphatic hydroxyl groups is 3. The number of aliphatic hydroxyl groups excluding tert-OH is 3. The molecule has 0 aromatic heterocycles. The highest BCUT2D eigenvalue weighted by Crippen LogP contribution is 2.37. The van der Waals surface area contributed by atoms with E-state index in [1.807, 2.05) is 0 Å². The maximum absolute atomic E-state index is 12.2. The number of rotatable bonds is 6. The summed E-state index contributed by atoms with van der Waals surface area (Å²) in [5, 5.41) is 78.6. The molecule has 184 valence electrons. The summed E-state index contributed by atoms with van der Waals surface area (Å²) in [7, 11) is 0. The Morgan fingerprint density at radius 1 is 0.882 bits per heavy atom. The lowest BCUT2D eigenvalue weighted by molar-refractivity contribution is -0.277. The van der Waals surface area contributed by atoms with Crippen LogP contribution in [0.15, 0.2) is 24.3 Å². The third kappa shape index (κ3) is 4.92. The molecule has 3 rings (SSSR count). The van der Waals surface area contributed by atoms with Crippen molar-refractivity contribution in [2.45, 2.75) is 37.6 Å². The van der Waals surface area contributed by atoms with Crippen LogP contribution >= 0.6 is 0 Å². The van der Waals surface area contributed by atoms with Crippen LogP contribution in [0.2, 0.25) is 0 Å². The molecule has 1 aliphatic rings. The lowest BCUT2D eigenvalue weighted by Crippen LogP contribution is -2.60. The predicted octanol–water partition coefficient (Wildman–Crippen LogP) is -0.539. The minimum absolute atomic E-state index is 0.343. The van der Waals surface area contributed by atoms with Gasteiger partial charge in [-0.25, -0.2) is 4.79 Å². The number of carbonyl (C=O) groups excluding carboxylic acids is 2. The monoisotopic (exact) mass is 482 g/mol. The molecule has 0 spiro atoms. The summed E-state index contributed by atoms with van der Waals surface area (Å²) in [6, 6.07) is 3.49. The van der Waals surface area contributed by atoms with Gasteiger partial charge >= 0.3 is 5.97 Å². The Balaban J connectivity index is 1.77. The van der Waals surface area contributed by atoms with Gasteiger partial charge in [-0.3, -0.25) is 4.79 Å². The van der Waals surface area contributed by atoms with Gasteiger partial charge in [0.1, 0.15) is 53.8 Å². The molecule has 34 heavy (non-hydrogen) atoms. The Morgan fingerprint density at radius 2 is 1.50 bits per heavy atom. The molecule has 0 saturated carbocycles. The maximum atomic E-state index is 12.2. The fourth-order valence-corrected chi connectivity index (χ4v) is 3.27. The van der Waals surface area contributed by atoms with E-state index >= 15 is 0 Å². The molecule has 0 bridgehead atoms. The van der Waals surface area contributed by atoms with Crippen LogP contribution < -0.4 is 4.74 Å². The van der Waals surface area contributed by atoms with E-state index in [2.05, 4.69) is 0 Å². The van der Waals surface area contributed by atoms with Gasteiger partial charge in [0.2, 0.25) is 6.29 Å². The van der Waals surface area contributed by atoms with E-state index < -0.39 is 77.8 Å². The number of hydrogen-bond donors (Lipinski definition) is 8. The highest BCUT2D eigenvalue weighted by atomic mass is 16.7. The fraction of sp³-hybridized carbons (Fsp3) is 0.333. The van der Waals surface area contributed by atoms with Gasteiger partial charge in [0.25, 0.3) is 0 Å². The molecule has 13 heteroatoms. The Labute approximate surface area is 191 Å². The average molecular weight is 482 g/mol. The first-order chi connectivity index (χ1) is 15.9. The van der Waals surface area contributed by atoms with Gasteiger partial charge in [-0.2, -0.15) is 0 Å². The van der Waals surface area contributed by atoms with Gasteiger partial charge in [0.05, 0.1) is 5.56 Å². The van der Waals surface area contributed by atoms with Crippen molar-refractivity contribution in [1.29, 1.82) is 0 Å². The van der Waals surface area contributed by atoms with Gasteiger partial charge in [-0.05, 0) is 19.1 Å². The number of carbonyl (C=O) groups is 2. The zero-order valence-electron chi connectivity index (χ0n) is 17.5. The number of phenolic OH excluding ortho intramolecular Hbond substituents is 5. The molecule has 8 N–H and O–H groups in total. The number of aromatic hydroxyl groups is 5. The topological polar surface area (TPSA) is 224 Å². The van der Waals surface area contributed by atoms with E-state index in [0.717, 1.165) is 31.2 Å². The molecule has 0 radical (unpaired) electrons. The van der Waals surface area contributed by atoms with Gasteiger partial charge in [0, 0.05) is 12.1 Å². The van der Waals surface area contributed by atoms with Crippen molar-refractivity contribution in [3.05, 3.63) is 35.4 Å². The van der Waals surface area contributed by atoms with E-state index in [0.29, 0.717) is 0 Å². The molecular formula is C21H22O13. The van der Waals surface area contributed by atoms with Crippen molar-refractivity contribution < 1.29 is 64.7 Å². The second-order valence-corrected chi connectivity index (χ2v) is 7.49. The number of phenols is 5. The molecule has 1 aliphatic heterocycles. The number of benzene rings is 2. The number of esters is 1. The van der Waals surface area contributed by atoms with Gasteiger partial charge in [0.15, 0.2) is 23.0 Å². The van der Waals surface area contributed by atoms with Crippen molar-refractivity contribution in [2.24, 2.45) is 0 Å². The second-order valence-electron chi connectivity index (χ2n) is 7.49. The van der Waals surface area contributed by atoms with Crippen molar-refractivity contribution in [2.75, 3.05) is 6.61 Å². The summed E-state index contributed by atoms with van der Waals surface area (Å²) in [5.41, 5.74) is -0.697. The lowest BCUT2D eigenvalue weighted by atomic mass is 9.99. The number of Topliss-reactive ketones (excluding diaryl/α,β-unsaturated/α-hetero) is 1. The zero-order chi connectivity index (χ0) is 25.3. The normalized spacial score (nSPS) is 24.4. The Kier molecular flexibility index (Phi) is 7.02. The van der Waals surface area contributed by atoms with E-state index in [4.69, 9.17) is 14.2 Å². The summed E-state index contributed by atoms with van der Waals surface area (Å²) in [5.74, 6) is -5.65. The van der Waals surface area contributed by atoms with Crippen LogP contribution in [0.25, 0.3) is 0 Å². The van der Waals surface area contributed by atoms with Crippen LogP contribution in [0.3, 0.4) is 0 Å². The summed E-state index contributed by atoms with van der Waals surface area (Å²) in [6.45, 7) is 0.410. The van der Waals surface area contributed by atoms with Gasteiger partial charge in [-0.1, -0.05) is 0 Å². The van der Waals surface area contributed by atoms with Gasteiger partial charge in [-0.15, -0.1) is 0 Å². The third-order valence-electron chi connectivity index (χ3n) is 5.01. The van der Waals surface area contributed by atoms with E-state index in [1.54, 1.807) is 0 Å². The summed E-state index contributed by atoms with van der Waals surface area (Å²) in [4.78, 5) is 24.1. The fourth-order valence-electron chi connectivity index (χ4n) is 3.27. The molecule has 0 aliphatic carbocycles. The molecule has 13 nitrogen and oxygen atoms in total. The minimum Gasteiger partial charge on any atom is -0.508 e. The highest BCUT2D eigenvalue weighted by molar-refractivity contribution is 5.99. The molecule has 2 aromatic rings. The van der Waals surface area contributed by atoms with Crippen LogP contribution in [0.4, 0.5) is 0 Å². The van der Waals surface area contributed by atoms with Gasteiger partial charge < -0.3 is 55.1 Å². The van der Waals surface area contributed by atoms with Crippen molar-refractivity contribution in [1.82, 2.24) is 0 Å². The van der Waals surface area contributed by atoms with Crippen LogP contribution in [0.5, 0.6) is 34.5 Å². The SMILES string of the molecule is CC(=O)c1c(O)cc(O)cc1OC1OC(COC(=O)c2cc(O)c(O)c(O)c2)C(O)C(O)C1O. The molecule has 2 aromatic carbocycles. The third-order valence-corrected chi connectivity index (χ3v) is 5.01. The minimum atomic E-state index is -1.85. The maximum Gasteiger partial charge on any atom is 0.338 e. The summed E-state index contributed by atoms with van der Waals surface area (Å²) in [6.07, 6.45) is -8.65. The van der Waals surface area contributed by atoms with Crippen molar-refractivity contribution in [3.63, 3.8) is 0 Å². The second kappa shape index (κ2) is 9.61. The van der Waals surface area contributed by atoms with E-state index in [9.17, 15) is 50.4 Å². The molecule has 1 heterocycles. The largest absolute Gasteiger partial charge is 0.508 e. The van der Waals surface area contributed by atoms with Crippen LogP contribution in [0.1, 0.15) is 27.6 Å². The Morgan fingerprint density at radius 3 is 2.09 bits per heavy atom. The first kappa shape index (κ1) is 24.9. The number of ether oxygens (including phenoxy) is 3. The Hall–Kier alpha value is -3.78. The van der Waals surface area contributed by atoms with E-state index in [-0.39, 0.29) is 16.9 Å². The molecule has 5 atom stereocenters. The summed E-state index contributed by atoms with van der Waals surface area (Å²) >= 11 is 0.